The minimum Gasteiger partial charge on any atom is -0.489 e. The van der Waals surface area contributed by atoms with E-state index in [4.69, 9.17) is 10.00 Å². The van der Waals surface area contributed by atoms with E-state index in [2.05, 4.69) is 5.32 Å². The first-order chi connectivity index (χ1) is 7.77. The maximum absolute atomic E-state index is 9.53. The molecule has 0 aliphatic rings. The molecule has 0 saturated heterocycles. The van der Waals surface area contributed by atoms with Gasteiger partial charge in [0.2, 0.25) is 0 Å². The molecule has 2 N–H and O–H groups in total. The van der Waals surface area contributed by atoms with E-state index in [1.54, 1.807) is 24.3 Å². The van der Waals surface area contributed by atoms with Gasteiger partial charge in [-0.25, -0.2) is 0 Å². The van der Waals surface area contributed by atoms with Crippen LogP contribution >= 0.6 is 0 Å². The maximum Gasteiger partial charge on any atom is 0.137 e. The molecule has 0 spiro atoms. The van der Waals surface area contributed by atoms with Gasteiger partial charge in [-0.2, -0.15) is 5.26 Å². The van der Waals surface area contributed by atoms with Crippen molar-refractivity contribution in [1.82, 2.24) is 5.32 Å². The van der Waals surface area contributed by atoms with Crippen LogP contribution in [0.3, 0.4) is 0 Å². The molecule has 0 aliphatic heterocycles. The Morgan fingerprint density at radius 1 is 1.50 bits per heavy atom. The smallest absolute Gasteiger partial charge is 0.137 e. The van der Waals surface area contributed by atoms with Crippen LogP contribution in [-0.4, -0.2) is 30.9 Å². The topological polar surface area (TPSA) is 65.3 Å². The van der Waals surface area contributed by atoms with Crippen molar-refractivity contribution in [3.8, 4) is 11.8 Å². The van der Waals surface area contributed by atoms with Gasteiger partial charge in [-0.15, -0.1) is 0 Å². The fourth-order valence-corrected chi connectivity index (χ4v) is 1.24. The van der Waals surface area contributed by atoms with E-state index >= 15 is 0 Å². The summed E-state index contributed by atoms with van der Waals surface area (Å²) in [6.07, 6.45) is -0.563. The summed E-state index contributed by atoms with van der Waals surface area (Å²) in [7, 11) is 0. The molecule has 16 heavy (non-hydrogen) atoms. The molecule has 0 amide bonds. The zero-order valence-corrected chi connectivity index (χ0v) is 9.31. The van der Waals surface area contributed by atoms with Crippen molar-refractivity contribution in [2.75, 3.05) is 19.7 Å². The first-order valence-electron chi connectivity index (χ1n) is 5.28. The minimum absolute atomic E-state index is 0.186. The van der Waals surface area contributed by atoms with E-state index in [0.717, 1.165) is 6.54 Å². The van der Waals surface area contributed by atoms with Crippen LogP contribution in [0.2, 0.25) is 0 Å². The molecule has 0 bridgehead atoms. The quantitative estimate of drug-likeness (QED) is 0.747. The van der Waals surface area contributed by atoms with Crippen molar-refractivity contribution in [1.29, 1.82) is 5.26 Å². The number of ether oxygens (including phenoxy) is 1. The van der Waals surface area contributed by atoms with Gasteiger partial charge in [0, 0.05) is 6.54 Å². The highest BCUT2D eigenvalue weighted by Crippen LogP contribution is 2.16. The number of likely N-dealkylation sites (N-methyl/N-ethyl adjacent to an activating group) is 1. The molecule has 4 nitrogen and oxygen atoms in total. The van der Waals surface area contributed by atoms with E-state index in [0.29, 0.717) is 17.9 Å². The van der Waals surface area contributed by atoms with Gasteiger partial charge in [0.15, 0.2) is 0 Å². The number of rotatable bonds is 6. The molecule has 0 heterocycles. The lowest BCUT2D eigenvalue weighted by Crippen LogP contribution is -2.31. The van der Waals surface area contributed by atoms with Crippen LogP contribution in [0.25, 0.3) is 0 Å². The Bertz CT molecular complexity index is 360. The normalized spacial score (nSPS) is 11.8. The summed E-state index contributed by atoms with van der Waals surface area (Å²) in [6.45, 7) is 3.46. The number of aliphatic hydroxyl groups excluding tert-OH is 1. The molecule has 0 aromatic heterocycles. The number of aliphatic hydroxyl groups is 1. The molecule has 1 atom stereocenters. The summed E-state index contributed by atoms with van der Waals surface area (Å²) in [5.41, 5.74) is 0.484. The molecular weight excluding hydrogens is 204 g/mol. The molecule has 1 aromatic carbocycles. The summed E-state index contributed by atoms with van der Waals surface area (Å²) < 4.78 is 5.37. The van der Waals surface area contributed by atoms with Gasteiger partial charge in [-0.1, -0.05) is 19.1 Å². The zero-order chi connectivity index (χ0) is 11.8. The predicted molar refractivity (Wildman–Crippen MR) is 61.2 cm³/mol. The van der Waals surface area contributed by atoms with Crippen molar-refractivity contribution in [2.24, 2.45) is 0 Å². The molecule has 0 aliphatic carbocycles. The Morgan fingerprint density at radius 2 is 2.25 bits per heavy atom. The second-order valence-electron chi connectivity index (χ2n) is 3.38. The second-order valence-corrected chi connectivity index (χ2v) is 3.38. The summed E-state index contributed by atoms with van der Waals surface area (Å²) in [6, 6.07) is 9.02. The van der Waals surface area contributed by atoms with Crippen molar-refractivity contribution in [3.05, 3.63) is 29.8 Å². The standard InChI is InChI=1S/C12H16N2O2/c1-2-14-8-11(15)9-16-12-6-4-3-5-10(12)7-13/h3-6,11,14-15H,2,8-9H2,1H3. The highest BCUT2D eigenvalue weighted by atomic mass is 16.5. The Balaban J connectivity index is 2.45. The van der Waals surface area contributed by atoms with Gasteiger partial charge in [-0.3, -0.25) is 0 Å². The molecule has 1 aromatic rings. The van der Waals surface area contributed by atoms with Gasteiger partial charge in [0.25, 0.3) is 0 Å². The SMILES string of the molecule is CCNCC(O)COc1ccccc1C#N. The third-order valence-corrected chi connectivity index (χ3v) is 2.07. The Labute approximate surface area is 95.5 Å². The zero-order valence-electron chi connectivity index (χ0n) is 9.31. The van der Waals surface area contributed by atoms with Gasteiger partial charge in [-0.05, 0) is 18.7 Å². The molecule has 86 valence electrons. The van der Waals surface area contributed by atoms with Crippen molar-refractivity contribution >= 4 is 0 Å². The lowest BCUT2D eigenvalue weighted by Gasteiger charge is -2.13. The van der Waals surface area contributed by atoms with Crippen LogP contribution in [-0.2, 0) is 0 Å². The lowest BCUT2D eigenvalue weighted by molar-refractivity contribution is 0.107. The van der Waals surface area contributed by atoms with Crippen LogP contribution in [0.15, 0.2) is 24.3 Å². The molecule has 0 fully saturated rings. The molecular formula is C12H16N2O2. The fourth-order valence-electron chi connectivity index (χ4n) is 1.24. The number of nitrogens with zero attached hydrogens (tertiary/aromatic N) is 1. The van der Waals surface area contributed by atoms with Crippen molar-refractivity contribution in [2.45, 2.75) is 13.0 Å². The highest BCUT2D eigenvalue weighted by Gasteiger charge is 2.06. The summed E-state index contributed by atoms with van der Waals surface area (Å²) in [5.74, 6) is 0.514. The summed E-state index contributed by atoms with van der Waals surface area (Å²) in [5, 5.41) is 21.4. The number of nitriles is 1. The molecule has 0 radical (unpaired) electrons. The Hall–Kier alpha value is -1.57. The number of hydrogen-bond donors (Lipinski definition) is 2. The van der Waals surface area contributed by atoms with E-state index in [1.807, 2.05) is 13.0 Å². The van der Waals surface area contributed by atoms with Crippen LogP contribution in [0.5, 0.6) is 5.75 Å². The molecule has 1 unspecified atom stereocenters. The lowest BCUT2D eigenvalue weighted by atomic mass is 10.2. The monoisotopic (exact) mass is 220 g/mol. The van der Waals surface area contributed by atoms with E-state index in [9.17, 15) is 5.11 Å². The van der Waals surface area contributed by atoms with E-state index in [1.165, 1.54) is 0 Å². The summed E-state index contributed by atoms with van der Waals surface area (Å²) >= 11 is 0. The second kappa shape index (κ2) is 6.83. The average Bonchev–Trinajstić information content (AvgIpc) is 2.34. The largest absolute Gasteiger partial charge is 0.489 e. The Kier molecular flexibility index (Phi) is 5.34. The maximum atomic E-state index is 9.53. The van der Waals surface area contributed by atoms with Gasteiger partial charge >= 0.3 is 0 Å². The van der Waals surface area contributed by atoms with Crippen LogP contribution in [0.4, 0.5) is 0 Å². The Morgan fingerprint density at radius 3 is 2.94 bits per heavy atom. The van der Waals surface area contributed by atoms with Crippen molar-refractivity contribution in [3.63, 3.8) is 0 Å². The summed E-state index contributed by atoms with van der Waals surface area (Å²) in [4.78, 5) is 0. The van der Waals surface area contributed by atoms with Gasteiger partial charge in [0.05, 0.1) is 5.56 Å². The number of para-hydroxylation sites is 1. The first-order valence-corrected chi connectivity index (χ1v) is 5.28. The molecule has 4 heteroatoms. The third kappa shape index (κ3) is 3.89. The number of hydrogen-bond acceptors (Lipinski definition) is 4. The van der Waals surface area contributed by atoms with Gasteiger partial charge < -0.3 is 15.2 Å². The van der Waals surface area contributed by atoms with E-state index < -0.39 is 6.10 Å². The average molecular weight is 220 g/mol. The highest BCUT2D eigenvalue weighted by molar-refractivity contribution is 5.42. The minimum atomic E-state index is -0.563. The van der Waals surface area contributed by atoms with Crippen molar-refractivity contribution < 1.29 is 9.84 Å². The van der Waals surface area contributed by atoms with Crippen LogP contribution < -0.4 is 10.1 Å². The number of nitrogens with one attached hydrogen (secondary N) is 1. The molecule has 0 saturated carbocycles. The van der Waals surface area contributed by atoms with Crippen LogP contribution in [0, 0.1) is 11.3 Å². The third-order valence-electron chi connectivity index (χ3n) is 2.07. The number of benzene rings is 1. The van der Waals surface area contributed by atoms with Gasteiger partial charge in [0.1, 0.15) is 24.5 Å². The first kappa shape index (κ1) is 12.5. The fraction of sp³-hybridized carbons (Fsp3) is 0.417. The van der Waals surface area contributed by atoms with E-state index in [-0.39, 0.29) is 6.61 Å². The molecule has 1 rings (SSSR count). The van der Waals surface area contributed by atoms with Crippen LogP contribution in [0.1, 0.15) is 12.5 Å². The predicted octanol–water partition coefficient (Wildman–Crippen LogP) is 0.907.